The maximum atomic E-state index is 12.0. The van der Waals surface area contributed by atoms with E-state index in [4.69, 9.17) is 0 Å². The van der Waals surface area contributed by atoms with E-state index in [-0.39, 0.29) is 10.8 Å². The van der Waals surface area contributed by atoms with Crippen LogP contribution in [0.4, 0.5) is 5.69 Å². The minimum atomic E-state index is -3.45. The van der Waals surface area contributed by atoms with Crippen LogP contribution in [0.2, 0.25) is 0 Å². The third-order valence-electron chi connectivity index (χ3n) is 2.85. The Morgan fingerprint density at radius 1 is 1.10 bits per heavy atom. The van der Waals surface area contributed by atoms with Crippen molar-refractivity contribution >= 4 is 33.0 Å². The summed E-state index contributed by atoms with van der Waals surface area (Å²) in [5.74, 6) is -0.198. The lowest BCUT2D eigenvalue weighted by molar-refractivity contribution is 0.103. The van der Waals surface area contributed by atoms with Gasteiger partial charge in [0.25, 0.3) is 5.91 Å². The zero-order chi connectivity index (χ0) is 15.6. The summed E-state index contributed by atoms with van der Waals surface area (Å²) in [6.45, 7) is 1.93. The summed E-state index contributed by atoms with van der Waals surface area (Å²) in [6.07, 6.45) is 0. The lowest BCUT2D eigenvalue weighted by Gasteiger charge is -2.11. The van der Waals surface area contributed by atoms with Crippen LogP contribution in [0.5, 0.6) is 0 Å². The van der Waals surface area contributed by atoms with Crippen molar-refractivity contribution in [2.75, 3.05) is 19.4 Å². The summed E-state index contributed by atoms with van der Waals surface area (Å²) < 4.78 is 25.0. The van der Waals surface area contributed by atoms with Crippen LogP contribution in [-0.2, 0) is 10.0 Å². The lowest BCUT2D eigenvalue weighted by atomic mass is 10.3. The SMILES string of the molecule is Cc1ccc(C(=O)Nc2ccc(S(=O)(=O)N(C)C)cc2)s1. The van der Waals surface area contributed by atoms with E-state index in [1.807, 2.05) is 13.0 Å². The van der Waals surface area contributed by atoms with Crippen molar-refractivity contribution in [2.45, 2.75) is 11.8 Å². The van der Waals surface area contributed by atoms with Crippen molar-refractivity contribution in [3.05, 3.63) is 46.2 Å². The predicted octanol–water partition coefficient (Wildman–Crippen LogP) is 2.56. The molecule has 2 aromatic rings. The van der Waals surface area contributed by atoms with Crippen molar-refractivity contribution in [1.29, 1.82) is 0 Å². The Bertz CT molecular complexity index is 747. The quantitative estimate of drug-likeness (QED) is 0.940. The molecule has 0 atom stereocenters. The van der Waals surface area contributed by atoms with Gasteiger partial charge < -0.3 is 5.32 Å². The monoisotopic (exact) mass is 324 g/mol. The van der Waals surface area contributed by atoms with Crippen LogP contribution in [0.15, 0.2) is 41.3 Å². The molecule has 2 rings (SSSR count). The molecule has 0 saturated carbocycles. The first kappa shape index (κ1) is 15.7. The summed E-state index contributed by atoms with van der Waals surface area (Å²) in [5, 5.41) is 2.74. The number of benzene rings is 1. The zero-order valence-corrected chi connectivity index (χ0v) is 13.6. The van der Waals surface area contributed by atoms with Gasteiger partial charge in [0, 0.05) is 24.7 Å². The summed E-state index contributed by atoms with van der Waals surface area (Å²) in [5.41, 5.74) is 0.559. The molecule has 5 nitrogen and oxygen atoms in total. The maximum absolute atomic E-state index is 12.0. The first-order valence-electron chi connectivity index (χ1n) is 6.21. The Morgan fingerprint density at radius 3 is 2.19 bits per heavy atom. The number of aryl methyl sites for hydroxylation is 1. The number of amides is 1. The van der Waals surface area contributed by atoms with Crippen LogP contribution in [-0.4, -0.2) is 32.7 Å². The van der Waals surface area contributed by atoms with Gasteiger partial charge in [-0.1, -0.05) is 0 Å². The zero-order valence-electron chi connectivity index (χ0n) is 12.0. The van der Waals surface area contributed by atoms with Crippen molar-refractivity contribution in [3.63, 3.8) is 0 Å². The van der Waals surface area contributed by atoms with Crippen molar-refractivity contribution in [1.82, 2.24) is 4.31 Å². The van der Waals surface area contributed by atoms with Gasteiger partial charge in [0.05, 0.1) is 9.77 Å². The minimum absolute atomic E-state index is 0.192. The van der Waals surface area contributed by atoms with Crippen LogP contribution < -0.4 is 5.32 Å². The van der Waals surface area contributed by atoms with E-state index < -0.39 is 10.0 Å². The Kier molecular flexibility index (Phi) is 4.46. The summed E-state index contributed by atoms with van der Waals surface area (Å²) in [6, 6.07) is 9.76. The topological polar surface area (TPSA) is 66.5 Å². The van der Waals surface area contributed by atoms with Crippen LogP contribution in [0.25, 0.3) is 0 Å². The second kappa shape index (κ2) is 5.97. The molecule has 0 spiro atoms. The molecular formula is C14H16N2O3S2. The van der Waals surface area contributed by atoms with Gasteiger partial charge in [0.2, 0.25) is 10.0 Å². The number of thiophene rings is 1. The molecule has 0 radical (unpaired) electrons. The van der Waals surface area contributed by atoms with E-state index in [1.165, 1.54) is 37.6 Å². The Balaban J connectivity index is 2.15. The van der Waals surface area contributed by atoms with Gasteiger partial charge in [-0.2, -0.15) is 0 Å². The highest BCUT2D eigenvalue weighted by Gasteiger charge is 2.17. The molecule has 1 aromatic heterocycles. The van der Waals surface area contributed by atoms with Crippen LogP contribution in [0.1, 0.15) is 14.5 Å². The third-order valence-corrected chi connectivity index (χ3v) is 5.68. The van der Waals surface area contributed by atoms with Crippen molar-refractivity contribution < 1.29 is 13.2 Å². The van der Waals surface area contributed by atoms with Gasteiger partial charge >= 0.3 is 0 Å². The number of hydrogen-bond acceptors (Lipinski definition) is 4. The normalized spacial score (nSPS) is 11.6. The number of carbonyl (C=O) groups excluding carboxylic acids is 1. The Hall–Kier alpha value is -1.70. The van der Waals surface area contributed by atoms with Gasteiger partial charge in [-0.3, -0.25) is 4.79 Å². The summed E-state index contributed by atoms with van der Waals surface area (Å²) >= 11 is 1.41. The van der Waals surface area contributed by atoms with Gasteiger partial charge in [-0.15, -0.1) is 11.3 Å². The molecule has 112 valence electrons. The second-order valence-corrected chi connectivity index (χ2v) is 8.12. The average molecular weight is 324 g/mol. The minimum Gasteiger partial charge on any atom is -0.321 e. The van der Waals surface area contributed by atoms with Gasteiger partial charge in [0.1, 0.15) is 0 Å². The molecule has 0 saturated heterocycles. The lowest BCUT2D eigenvalue weighted by Crippen LogP contribution is -2.22. The van der Waals surface area contributed by atoms with E-state index in [9.17, 15) is 13.2 Å². The summed E-state index contributed by atoms with van der Waals surface area (Å²) in [4.78, 5) is 13.9. The number of sulfonamides is 1. The van der Waals surface area contributed by atoms with E-state index in [1.54, 1.807) is 18.2 Å². The highest BCUT2D eigenvalue weighted by Crippen LogP contribution is 2.19. The molecule has 1 N–H and O–H groups in total. The molecule has 0 fully saturated rings. The fourth-order valence-corrected chi connectivity index (χ4v) is 3.33. The molecule has 0 bridgehead atoms. The Labute approximate surface area is 128 Å². The number of hydrogen-bond donors (Lipinski definition) is 1. The van der Waals surface area contributed by atoms with Crippen molar-refractivity contribution in [3.8, 4) is 0 Å². The number of carbonyl (C=O) groups is 1. The predicted molar refractivity (Wildman–Crippen MR) is 84.3 cm³/mol. The molecule has 1 aromatic carbocycles. The molecule has 0 aliphatic carbocycles. The highest BCUT2D eigenvalue weighted by atomic mass is 32.2. The molecule has 21 heavy (non-hydrogen) atoms. The van der Waals surface area contributed by atoms with E-state index in [0.29, 0.717) is 10.6 Å². The Morgan fingerprint density at radius 2 is 1.71 bits per heavy atom. The third kappa shape index (κ3) is 3.49. The number of rotatable bonds is 4. The number of nitrogens with zero attached hydrogens (tertiary/aromatic N) is 1. The molecule has 7 heteroatoms. The average Bonchev–Trinajstić information content (AvgIpc) is 2.86. The molecule has 0 aliphatic heterocycles. The van der Waals surface area contributed by atoms with Gasteiger partial charge in [-0.25, -0.2) is 12.7 Å². The smallest absolute Gasteiger partial charge is 0.265 e. The fourth-order valence-electron chi connectivity index (χ4n) is 1.67. The van der Waals surface area contributed by atoms with Crippen LogP contribution >= 0.6 is 11.3 Å². The standard InChI is InChI=1S/C14H16N2O3S2/c1-10-4-9-13(20-10)14(17)15-11-5-7-12(8-6-11)21(18,19)16(2)3/h4-9H,1-3H3,(H,15,17). The maximum Gasteiger partial charge on any atom is 0.265 e. The fraction of sp³-hybridized carbons (Fsp3) is 0.214. The van der Waals surface area contributed by atoms with Gasteiger partial charge in [-0.05, 0) is 43.3 Å². The first-order valence-corrected chi connectivity index (χ1v) is 8.47. The second-order valence-electron chi connectivity index (χ2n) is 4.68. The van der Waals surface area contributed by atoms with E-state index >= 15 is 0 Å². The first-order chi connectivity index (χ1) is 9.80. The van der Waals surface area contributed by atoms with E-state index in [0.717, 1.165) is 9.18 Å². The molecule has 0 aliphatic rings. The molecule has 0 unspecified atom stereocenters. The van der Waals surface area contributed by atoms with Crippen molar-refractivity contribution in [2.24, 2.45) is 0 Å². The van der Waals surface area contributed by atoms with Gasteiger partial charge in [0.15, 0.2) is 0 Å². The summed E-state index contributed by atoms with van der Waals surface area (Å²) in [7, 11) is -0.496. The highest BCUT2D eigenvalue weighted by molar-refractivity contribution is 7.89. The largest absolute Gasteiger partial charge is 0.321 e. The molecule has 1 amide bonds. The molecular weight excluding hydrogens is 308 g/mol. The number of nitrogens with one attached hydrogen (secondary N) is 1. The number of anilines is 1. The van der Waals surface area contributed by atoms with E-state index in [2.05, 4.69) is 5.32 Å². The van der Waals surface area contributed by atoms with Crippen LogP contribution in [0.3, 0.4) is 0 Å². The van der Waals surface area contributed by atoms with Crippen LogP contribution in [0, 0.1) is 6.92 Å². The molecule has 1 heterocycles.